The van der Waals surface area contributed by atoms with E-state index in [0.717, 1.165) is 18.8 Å². The predicted molar refractivity (Wildman–Crippen MR) is 61.4 cm³/mol. The largest absolute Gasteiger partial charge is 0.496 e. The zero-order valence-corrected chi connectivity index (χ0v) is 9.42. The second-order valence-corrected chi connectivity index (χ2v) is 4.11. The summed E-state index contributed by atoms with van der Waals surface area (Å²) in [6, 6.07) is 8.32. The van der Waals surface area contributed by atoms with Crippen LogP contribution in [0, 0.1) is 0 Å². The van der Waals surface area contributed by atoms with Crippen LogP contribution in [0.3, 0.4) is 0 Å². The van der Waals surface area contributed by atoms with Crippen LogP contribution in [-0.4, -0.2) is 25.7 Å². The molecule has 0 saturated carbocycles. The summed E-state index contributed by atoms with van der Waals surface area (Å²) < 4.78 is 5.32. The fourth-order valence-electron chi connectivity index (χ4n) is 1.81. The van der Waals surface area contributed by atoms with E-state index >= 15 is 0 Å². The summed E-state index contributed by atoms with van der Waals surface area (Å²) in [7, 11) is 1.69. The van der Waals surface area contributed by atoms with Gasteiger partial charge in [-0.1, -0.05) is 18.2 Å². The lowest BCUT2D eigenvalue weighted by atomic mass is 10.0. The monoisotopic (exact) mass is 226 g/mol. The topological polar surface area (TPSA) is 33.3 Å². The molecule has 0 aromatic heterocycles. The molecule has 4 heteroatoms. The molecule has 1 aromatic carbocycles. The molecule has 0 aliphatic carbocycles. The molecule has 1 fully saturated rings. The molecule has 2 unspecified atom stereocenters. The molecule has 0 bridgehead atoms. The summed E-state index contributed by atoms with van der Waals surface area (Å²) in [5.74, 6) is 0.921. The normalized spacial score (nSPS) is 26.3. The van der Waals surface area contributed by atoms with Crippen LogP contribution in [0.5, 0.6) is 5.75 Å². The summed E-state index contributed by atoms with van der Waals surface area (Å²) in [6.07, 6.45) is 0. The van der Waals surface area contributed by atoms with Crippen LogP contribution in [-0.2, 0) is 0 Å². The maximum Gasteiger partial charge on any atom is 0.123 e. The lowest BCUT2D eigenvalue weighted by Crippen LogP contribution is -2.47. The van der Waals surface area contributed by atoms with Gasteiger partial charge in [-0.15, -0.1) is 11.6 Å². The Hall–Kier alpha value is -0.770. The minimum atomic E-state index is 0.0240. The highest BCUT2D eigenvalue weighted by Crippen LogP contribution is 2.25. The molecular formula is C11H15ClN2O. The van der Waals surface area contributed by atoms with E-state index in [-0.39, 0.29) is 11.5 Å². The molecule has 0 spiro atoms. The Morgan fingerprint density at radius 1 is 1.27 bits per heavy atom. The van der Waals surface area contributed by atoms with Gasteiger partial charge in [0.15, 0.2) is 0 Å². The molecule has 82 valence electrons. The summed E-state index contributed by atoms with van der Waals surface area (Å²) in [4.78, 5) is 0. The number of methoxy groups -OCH3 is 1. The van der Waals surface area contributed by atoms with Gasteiger partial charge in [0, 0.05) is 24.7 Å². The van der Waals surface area contributed by atoms with Crippen molar-refractivity contribution in [2.45, 2.75) is 11.5 Å². The minimum Gasteiger partial charge on any atom is -0.496 e. The van der Waals surface area contributed by atoms with E-state index in [4.69, 9.17) is 16.3 Å². The Bertz CT molecular complexity index is 324. The molecule has 1 aromatic rings. The van der Waals surface area contributed by atoms with Crippen LogP contribution >= 0.6 is 11.6 Å². The van der Waals surface area contributed by atoms with E-state index in [1.165, 1.54) is 5.56 Å². The Labute approximate surface area is 94.8 Å². The maximum absolute atomic E-state index is 5.94. The summed E-state index contributed by atoms with van der Waals surface area (Å²) in [5, 5.41) is 6.61. The van der Waals surface area contributed by atoms with Crippen LogP contribution < -0.4 is 15.4 Å². The number of alkyl halides is 1. The minimum absolute atomic E-state index is 0.0240. The Morgan fingerprint density at radius 2 is 2.07 bits per heavy atom. The Morgan fingerprint density at radius 3 is 2.73 bits per heavy atom. The predicted octanol–water partition coefficient (Wildman–Crippen LogP) is 1.49. The van der Waals surface area contributed by atoms with Crippen molar-refractivity contribution in [3.8, 4) is 5.75 Å². The van der Waals surface area contributed by atoms with Gasteiger partial charge < -0.3 is 10.1 Å². The molecule has 3 nitrogen and oxygen atoms in total. The van der Waals surface area contributed by atoms with Crippen LogP contribution in [0.15, 0.2) is 24.3 Å². The molecular weight excluding hydrogens is 212 g/mol. The molecule has 1 aliphatic rings. The van der Waals surface area contributed by atoms with Gasteiger partial charge in [0.25, 0.3) is 0 Å². The van der Waals surface area contributed by atoms with Crippen LogP contribution in [0.25, 0.3) is 0 Å². The highest BCUT2D eigenvalue weighted by atomic mass is 35.5. The van der Waals surface area contributed by atoms with Gasteiger partial charge in [0.2, 0.25) is 0 Å². The van der Waals surface area contributed by atoms with Gasteiger partial charge in [-0.3, -0.25) is 5.32 Å². The van der Waals surface area contributed by atoms with Crippen molar-refractivity contribution in [2.24, 2.45) is 0 Å². The van der Waals surface area contributed by atoms with Gasteiger partial charge >= 0.3 is 0 Å². The number of hydrogen-bond acceptors (Lipinski definition) is 3. The second kappa shape index (κ2) is 4.84. The van der Waals surface area contributed by atoms with Crippen molar-refractivity contribution < 1.29 is 4.74 Å². The molecule has 15 heavy (non-hydrogen) atoms. The number of piperazine rings is 1. The van der Waals surface area contributed by atoms with Gasteiger partial charge in [-0.2, -0.15) is 0 Å². The molecule has 0 radical (unpaired) electrons. The van der Waals surface area contributed by atoms with Crippen molar-refractivity contribution in [3.63, 3.8) is 0 Å². The molecule has 1 aliphatic heterocycles. The lowest BCUT2D eigenvalue weighted by Gasteiger charge is -2.29. The lowest BCUT2D eigenvalue weighted by molar-refractivity contribution is 0.373. The third kappa shape index (κ3) is 2.43. The van der Waals surface area contributed by atoms with Gasteiger partial charge in [-0.25, -0.2) is 0 Å². The van der Waals surface area contributed by atoms with E-state index < -0.39 is 0 Å². The molecule has 2 N–H and O–H groups in total. The quantitative estimate of drug-likeness (QED) is 0.592. The molecule has 1 saturated heterocycles. The zero-order chi connectivity index (χ0) is 10.7. The second-order valence-electron chi connectivity index (χ2n) is 3.58. The first-order valence-corrected chi connectivity index (χ1v) is 5.48. The SMILES string of the molecule is COc1ccccc1C1CNC(Cl)CN1. The number of para-hydroxylation sites is 1. The van der Waals surface area contributed by atoms with E-state index in [2.05, 4.69) is 16.7 Å². The van der Waals surface area contributed by atoms with E-state index in [1.807, 2.05) is 18.2 Å². The third-order valence-electron chi connectivity index (χ3n) is 2.60. The smallest absolute Gasteiger partial charge is 0.123 e. The fraction of sp³-hybridized carbons (Fsp3) is 0.455. The Kier molecular flexibility index (Phi) is 3.46. The first-order valence-electron chi connectivity index (χ1n) is 5.05. The first-order chi connectivity index (χ1) is 7.31. The molecule has 2 rings (SSSR count). The number of hydrogen-bond donors (Lipinski definition) is 2. The van der Waals surface area contributed by atoms with Gasteiger partial charge in [0.1, 0.15) is 5.75 Å². The maximum atomic E-state index is 5.94. The van der Waals surface area contributed by atoms with E-state index in [9.17, 15) is 0 Å². The number of rotatable bonds is 2. The van der Waals surface area contributed by atoms with E-state index in [0.29, 0.717) is 0 Å². The average molecular weight is 227 g/mol. The molecule has 0 amide bonds. The van der Waals surface area contributed by atoms with Crippen LogP contribution in [0.4, 0.5) is 0 Å². The standard InChI is InChI=1S/C11H15ClN2O/c1-15-10-5-3-2-4-8(10)9-6-14-11(12)7-13-9/h2-5,9,11,13-14H,6-7H2,1H3. The number of halogens is 1. The average Bonchev–Trinajstić information content (AvgIpc) is 2.30. The fourth-order valence-corrected chi connectivity index (χ4v) is 1.99. The first kappa shape index (κ1) is 10.7. The van der Waals surface area contributed by atoms with Crippen molar-refractivity contribution >= 4 is 11.6 Å². The zero-order valence-electron chi connectivity index (χ0n) is 8.66. The van der Waals surface area contributed by atoms with Crippen molar-refractivity contribution in [1.82, 2.24) is 10.6 Å². The van der Waals surface area contributed by atoms with Gasteiger partial charge in [0.05, 0.1) is 12.6 Å². The van der Waals surface area contributed by atoms with Gasteiger partial charge in [-0.05, 0) is 6.07 Å². The highest BCUT2D eigenvalue weighted by Gasteiger charge is 2.21. The number of nitrogens with one attached hydrogen (secondary N) is 2. The van der Waals surface area contributed by atoms with Crippen LogP contribution in [0.1, 0.15) is 11.6 Å². The highest BCUT2D eigenvalue weighted by molar-refractivity contribution is 6.20. The summed E-state index contributed by atoms with van der Waals surface area (Å²) in [5.41, 5.74) is 1.20. The number of benzene rings is 1. The molecule has 1 heterocycles. The van der Waals surface area contributed by atoms with Crippen molar-refractivity contribution in [1.29, 1.82) is 0 Å². The van der Waals surface area contributed by atoms with Crippen molar-refractivity contribution in [3.05, 3.63) is 29.8 Å². The molecule has 2 atom stereocenters. The summed E-state index contributed by atoms with van der Waals surface area (Å²) >= 11 is 5.94. The van der Waals surface area contributed by atoms with Crippen molar-refractivity contribution in [2.75, 3.05) is 20.2 Å². The summed E-state index contributed by atoms with van der Waals surface area (Å²) in [6.45, 7) is 1.60. The third-order valence-corrected chi connectivity index (χ3v) is 2.91. The van der Waals surface area contributed by atoms with Crippen LogP contribution in [0.2, 0.25) is 0 Å². The number of ether oxygens (including phenoxy) is 1. The van der Waals surface area contributed by atoms with E-state index in [1.54, 1.807) is 7.11 Å². The Balaban J connectivity index is 2.15.